The first-order valence-electron chi connectivity index (χ1n) is 5.50. The van der Waals surface area contributed by atoms with Gasteiger partial charge in [-0.05, 0) is 29.5 Å². The van der Waals surface area contributed by atoms with E-state index in [4.69, 9.17) is 0 Å². The molecule has 80 valence electrons. The summed E-state index contributed by atoms with van der Waals surface area (Å²) in [6.07, 6.45) is 3.27. The molecule has 0 amide bonds. The first kappa shape index (κ1) is 10.3. The van der Waals surface area contributed by atoms with Crippen molar-refractivity contribution in [2.45, 2.75) is 27.2 Å². The molecule has 0 aliphatic rings. The predicted molar refractivity (Wildman–Crippen MR) is 66.1 cm³/mol. The quantitative estimate of drug-likeness (QED) is 0.662. The maximum Gasteiger partial charge on any atom is 0.0480 e. The van der Waals surface area contributed by atoms with Gasteiger partial charge in [-0.1, -0.05) is 32.9 Å². The third-order valence-electron chi connectivity index (χ3n) is 2.74. The average molecular weight is 201 g/mol. The highest BCUT2D eigenvalue weighted by molar-refractivity contribution is 5.83. The Labute approximate surface area is 91.7 Å². The molecule has 0 radical (unpaired) electrons. The van der Waals surface area contributed by atoms with E-state index in [2.05, 4.69) is 62.8 Å². The van der Waals surface area contributed by atoms with E-state index in [0.29, 0.717) is 5.41 Å². The first-order valence-corrected chi connectivity index (χ1v) is 5.50. The van der Waals surface area contributed by atoms with Crippen LogP contribution < -0.4 is 0 Å². The molecule has 1 nitrogen and oxygen atoms in total. The van der Waals surface area contributed by atoms with Gasteiger partial charge in [0.05, 0.1) is 0 Å². The van der Waals surface area contributed by atoms with Gasteiger partial charge in [-0.3, -0.25) is 0 Å². The lowest BCUT2D eigenvalue weighted by Crippen LogP contribution is -2.09. The summed E-state index contributed by atoms with van der Waals surface area (Å²) in [5, 5.41) is 1.40. The molecular formula is C14H19N. The Hall–Kier alpha value is -1.24. The standard InChI is InChI=1S/C14H19N/c1-14(2,3)10-11-6-5-7-13-12(11)8-9-15(13)4/h5-9H,10H2,1-4H3. The second-order valence-corrected chi connectivity index (χ2v) is 5.51. The molecule has 0 unspecified atom stereocenters. The summed E-state index contributed by atoms with van der Waals surface area (Å²) < 4.78 is 2.18. The van der Waals surface area contributed by atoms with Crippen molar-refractivity contribution in [3.63, 3.8) is 0 Å². The summed E-state index contributed by atoms with van der Waals surface area (Å²) in [5.74, 6) is 0. The number of hydrogen-bond donors (Lipinski definition) is 0. The smallest absolute Gasteiger partial charge is 0.0480 e. The van der Waals surface area contributed by atoms with Crippen LogP contribution in [0.2, 0.25) is 0 Å². The van der Waals surface area contributed by atoms with Gasteiger partial charge in [-0.25, -0.2) is 0 Å². The molecule has 1 aromatic carbocycles. The van der Waals surface area contributed by atoms with Crippen LogP contribution in [0.25, 0.3) is 10.9 Å². The van der Waals surface area contributed by atoms with E-state index in [1.807, 2.05) is 0 Å². The van der Waals surface area contributed by atoms with Gasteiger partial charge >= 0.3 is 0 Å². The number of rotatable bonds is 1. The molecule has 0 saturated carbocycles. The monoisotopic (exact) mass is 201 g/mol. The zero-order chi connectivity index (χ0) is 11.1. The van der Waals surface area contributed by atoms with Crippen LogP contribution >= 0.6 is 0 Å². The molecule has 2 rings (SSSR count). The van der Waals surface area contributed by atoms with Crippen LogP contribution in [0.3, 0.4) is 0 Å². The molecule has 2 aromatic rings. The predicted octanol–water partition coefficient (Wildman–Crippen LogP) is 3.77. The third-order valence-corrected chi connectivity index (χ3v) is 2.74. The zero-order valence-electron chi connectivity index (χ0n) is 10.0. The minimum atomic E-state index is 0.351. The second-order valence-electron chi connectivity index (χ2n) is 5.51. The number of hydrogen-bond acceptors (Lipinski definition) is 0. The van der Waals surface area contributed by atoms with E-state index >= 15 is 0 Å². The topological polar surface area (TPSA) is 4.93 Å². The highest BCUT2D eigenvalue weighted by Crippen LogP contribution is 2.26. The van der Waals surface area contributed by atoms with E-state index in [-0.39, 0.29) is 0 Å². The van der Waals surface area contributed by atoms with Gasteiger partial charge in [0.15, 0.2) is 0 Å². The van der Waals surface area contributed by atoms with Crippen molar-refractivity contribution in [1.82, 2.24) is 4.57 Å². The van der Waals surface area contributed by atoms with Crippen LogP contribution in [-0.2, 0) is 13.5 Å². The molecule has 1 heterocycles. The molecule has 0 N–H and O–H groups in total. The minimum absolute atomic E-state index is 0.351. The molecular weight excluding hydrogens is 182 g/mol. The van der Waals surface area contributed by atoms with Crippen molar-refractivity contribution < 1.29 is 0 Å². The SMILES string of the molecule is Cn1ccc2c(CC(C)(C)C)cccc21. The third kappa shape index (κ3) is 2.06. The van der Waals surface area contributed by atoms with Crippen molar-refractivity contribution in [1.29, 1.82) is 0 Å². The van der Waals surface area contributed by atoms with E-state index < -0.39 is 0 Å². The number of nitrogens with zero attached hydrogens (tertiary/aromatic N) is 1. The molecule has 0 atom stereocenters. The zero-order valence-corrected chi connectivity index (χ0v) is 10.0. The molecule has 1 aromatic heterocycles. The summed E-state index contributed by atoms with van der Waals surface area (Å²) in [4.78, 5) is 0. The molecule has 0 aliphatic carbocycles. The fraction of sp³-hybridized carbons (Fsp3) is 0.429. The minimum Gasteiger partial charge on any atom is -0.351 e. The Morgan fingerprint density at radius 3 is 2.53 bits per heavy atom. The molecule has 0 bridgehead atoms. The Morgan fingerprint density at radius 1 is 1.13 bits per heavy atom. The fourth-order valence-corrected chi connectivity index (χ4v) is 2.09. The lowest BCUT2D eigenvalue weighted by molar-refractivity contribution is 0.412. The number of benzene rings is 1. The van der Waals surface area contributed by atoms with Gasteiger partial charge in [0.1, 0.15) is 0 Å². The molecule has 0 fully saturated rings. The maximum atomic E-state index is 2.29. The van der Waals surface area contributed by atoms with Crippen LogP contribution in [-0.4, -0.2) is 4.57 Å². The van der Waals surface area contributed by atoms with Gasteiger partial charge in [0.2, 0.25) is 0 Å². The van der Waals surface area contributed by atoms with E-state index in [1.165, 1.54) is 16.5 Å². The molecule has 0 spiro atoms. The van der Waals surface area contributed by atoms with E-state index in [9.17, 15) is 0 Å². The molecule has 0 saturated heterocycles. The van der Waals surface area contributed by atoms with Crippen molar-refractivity contribution >= 4 is 10.9 Å². The Kier molecular flexibility index (Phi) is 2.34. The maximum absolute atomic E-state index is 2.29. The van der Waals surface area contributed by atoms with Crippen LogP contribution in [0, 0.1) is 5.41 Å². The molecule has 1 heteroatoms. The fourth-order valence-electron chi connectivity index (χ4n) is 2.09. The highest BCUT2D eigenvalue weighted by Gasteiger charge is 2.13. The normalized spacial score (nSPS) is 12.3. The number of aromatic nitrogens is 1. The largest absolute Gasteiger partial charge is 0.351 e. The lowest BCUT2D eigenvalue weighted by Gasteiger charge is -2.18. The van der Waals surface area contributed by atoms with Gasteiger partial charge in [-0.2, -0.15) is 0 Å². The second kappa shape index (κ2) is 3.41. The summed E-state index contributed by atoms with van der Waals surface area (Å²) in [6, 6.07) is 8.80. The number of fused-ring (bicyclic) bond motifs is 1. The Bertz CT molecular complexity index is 472. The van der Waals surface area contributed by atoms with Crippen molar-refractivity contribution in [2.75, 3.05) is 0 Å². The molecule has 0 aliphatic heterocycles. The average Bonchev–Trinajstić information content (AvgIpc) is 2.47. The summed E-state index contributed by atoms with van der Waals surface area (Å²) >= 11 is 0. The summed E-state index contributed by atoms with van der Waals surface area (Å²) in [5.41, 5.74) is 3.14. The van der Waals surface area contributed by atoms with Crippen LogP contribution in [0.1, 0.15) is 26.3 Å². The van der Waals surface area contributed by atoms with Crippen molar-refractivity contribution in [2.24, 2.45) is 12.5 Å². The van der Waals surface area contributed by atoms with Crippen molar-refractivity contribution in [3.05, 3.63) is 36.0 Å². The van der Waals surface area contributed by atoms with Crippen molar-refractivity contribution in [3.8, 4) is 0 Å². The van der Waals surface area contributed by atoms with Crippen LogP contribution in [0.15, 0.2) is 30.5 Å². The van der Waals surface area contributed by atoms with Gasteiger partial charge < -0.3 is 4.57 Å². The van der Waals surface area contributed by atoms with Crippen LogP contribution in [0.4, 0.5) is 0 Å². The summed E-state index contributed by atoms with van der Waals surface area (Å²) in [7, 11) is 2.10. The van der Waals surface area contributed by atoms with Gasteiger partial charge in [0, 0.05) is 24.1 Å². The highest BCUT2D eigenvalue weighted by atomic mass is 14.9. The van der Waals surface area contributed by atoms with E-state index in [0.717, 1.165) is 6.42 Å². The van der Waals surface area contributed by atoms with E-state index in [1.54, 1.807) is 0 Å². The Balaban J connectivity index is 2.52. The van der Waals surface area contributed by atoms with Gasteiger partial charge in [-0.15, -0.1) is 0 Å². The van der Waals surface area contributed by atoms with Gasteiger partial charge in [0.25, 0.3) is 0 Å². The first-order chi connectivity index (χ1) is 6.97. The Morgan fingerprint density at radius 2 is 1.87 bits per heavy atom. The van der Waals surface area contributed by atoms with Crippen LogP contribution in [0.5, 0.6) is 0 Å². The lowest BCUT2D eigenvalue weighted by atomic mass is 9.87. The molecule has 15 heavy (non-hydrogen) atoms. The summed E-state index contributed by atoms with van der Waals surface area (Å²) in [6.45, 7) is 6.86. The number of aryl methyl sites for hydroxylation is 1.